The molecule has 0 aromatic heterocycles. The van der Waals surface area contributed by atoms with Crippen LogP contribution in [0.4, 0.5) is 0 Å². The molecule has 2 atom stereocenters. The Hall–Kier alpha value is -1.01. The second-order valence-corrected chi connectivity index (χ2v) is 17.3. The van der Waals surface area contributed by atoms with Gasteiger partial charge in [0.05, 0.1) is 19.3 Å². The second-order valence-electron chi connectivity index (χ2n) is 15.2. The molecule has 0 aromatic carbocycles. The van der Waals surface area contributed by atoms with Crippen molar-refractivity contribution in [1.82, 2.24) is 4.90 Å². The lowest BCUT2D eigenvalue weighted by Gasteiger charge is -2.29. The zero-order valence-corrected chi connectivity index (χ0v) is 35.7. The normalized spacial score (nSPS) is 17.6. The number of hydrogen-bond acceptors (Lipinski definition) is 6. The fraction of sp³-hybridized carbons (Fsp3) is 0.822. The Balaban J connectivity index is 2.34. The predicted octanol–water partition coefficient (Wildman–Crippen LogP) is 13.9. The van der Waals surface area contributed by atoms with E-state index in [0.29, 0.717) is 19.8 Å². The van der Waals surface area contributed by atoms with E-state index in [1.165, 1.54) is 142 Å². The molecule has 0 bridgehead atoms. The Morgan fingerprint density at radius 3 is 1.52 bits per heavy atom. The molecule has 0 amide bonds. The summed E-state index contributed by atoms with van der Waals surface area (Å²) in [5, 5.41) is 0. The van der Waals surface area contributed by atoms with Crippen LogP contribution in [0.2, 0.25) is 0 Å². The molecule has 6 nitrogen and oxygen atoms in total. The van der Waals surface area contributed by atoms with Crippen molar-refractivity contribution in [2.75, 3.05) is 47.1 Å². The highest BCUT2D eigenvalue weighted by molar-refractivity contribution is 7.52. The van der Waals surface area contributed by atoms with Crippen molar-refractivity contribution < 1.29 is 23.1 Å². The lowest BCUT2D eigenvalue weighted by Crippen LogP contribution is -2.36. The summed E-state index contributed by atoms with van der Waals surface area (Å²) >= 11 is 0. The molecule has 1 fully saturated rings. The van der Waals surface area contributed by atoms with Crippen LogP contribution in [0.1, 0.15) is 181 Å². The van der Waals surface area contributed by atoms with Crippen molar-refractivity contribution in [2.45, 2.75) is 193 Å². The van der Waals surface area contributed by atoms with Gasteiger partial charge in [-0.1, -0.05) is 140 Å². The lowest BCUT2D eigenvalue weighted by molar-refractivity contribution is -0.180. The van der Waals surface area contributed by atoms with Gasteiger partial charge in [0.25, 0.3) is 0 Å². The number of hydrogen-bond donors (Lipinski definition) is 0. The summed E-state index contributed by atoms with van der Waals surface area (Å²) in [6.45, 7) is 8.49. The van der Waals surface area contributed by atoms with Crippen LogP contribution in [0.5, 0.6) is 0 Å². The number of likely N-dealkylation sites (N-methyl/N-ethyl adjacent to an activating group) is 1. The van der Waals surface area contributed by atoms with Gasteiger partial charge in [0, 0.05) is 39.7 Å². The molecule has 0 saturated carbocycles. The van der Waals surface area contributed by atoms with Gasteiger partial charge < -0.3 is 23.4 Å². The Labute approximate surface area is 323 Å². The van der Waals surface area contributed by atoms with Gasteiger partial charge in [0.1, 0.15) is 0 Å². The average Bonchev–Trinajstić information content (AvgIpc) is 3.53. The molecule has 1 aliphatic heterocycles. The molecule has 304 valence electrons. The molecule has 0 spiro atoms. The van der Waals surface area contributed by atoms with E-state index in [1.54, 1.807) is 0 Å². The molecule has 0 N–H and O–H groups in total. The molecule has 0 aromatic rings. The fourth-order valence-electron chi connectivity index (χ4n) is 6.71. The molecule has 1 rings (SSSR count). The molecule has 1 saturated heterocycles. The summed E-state index contributed by atoms with van der Waals surface area (Å²) in [5.41, 5.74) is 0. The van der Waals surface area contributed by atoms with Gasteiger partial charge in [-0.3, -0.25) is 4.57 Å². The quantitative estimate of drug-likeness (QED) is 0.0358. The van der Waals surface area contributed by atoms with E-state index in [2.05, 4.69) is 74.4 Å². The number of nitrogens with zero attached hydrogens (tertiary/aromatic N) is 1. The third-order valence-electron chi connectivity index (χ3n) is 10.1. The predicted molar refractivity (Wildman–Crippen MR) is 225 cm³/mol. The number of allylic oxidation sites excluding steroid dienone is 8. The van der Waals surface area contributed by atoms with E-state index in [9.17, 15) is 4.57 Å². The van der Waals surface area contributed by atoms with Crippen molar-refractivity contribution in [1.29, 1.82) is 0 Å². The molecule has 52 heavy (non-hydrogen) atoms. The minimum atomic E-state index is -2.95. The Kier molecular flexibility index (Phi) is 32.5. The van der Waals surface area contributed by atoms with E-state index in [1.807, 2.05) is 0 Å². The third kappa shape index (κ3) is 29.4. The van der Waals surface area contributed by atoms with Gasteiger partial charge in [-0.05, 0) is 84.1 Å². The highest BCUT2D eigenvalue weighted by Gasteiger charge is 2.40. The zero-order valence-electron chi connectivity index (χ0n) is 34.8. The van der Waals surface area contributed by atoms with Crippen molar-refractivity contribution in [3.05, 3.63) is 48.6 Å². The molecule has 0 aliphatic carbocycles. The van der Waals surface area contributed by atoms with Crippen LogP contribution in [0.3, 0.4) is 0 Å². The van der Waals surface area contributed by atoms with Crippen LogP contribution < -0.4 is 0 Å². The summed E-state index contributed by atoms with van der Waals surface area (Å²) in [4.78, 5) is 2.18. The standard InChI is InChI=1S/C45H84NO5P/c1-6-8-10-12-14-16-18-20-22-24-26-28-30-32-34-36-38-45(49-43-44(51-45)42-46(3)40-41-50-52(5,47)48-4)39-37-35-33-31-29-27-25-23-21-19-17-15-13-11-9-7-2/h14-17,20-23,44H,6-13,18-19,24-43H2,1-5H3/b16-14-,17-15-,22-20-,23-21-/t44-,52?/m0/s1. The van der Waals surface area contributed by atoms with E-state index in [0.717, 1.165) is 45.1 Å². The van der Waals surface area contributed by atoms with E-state index < -0.39 is 13.4 Å². The van der Waals surface area contributed by atoms with Crippen molar-refractivity contribution in [3.8, 4) is 0 Å². The van der Waals surface area contributed by atoms with Crippen LogP contribution in [0.15, 0.2) is 48.6 Å². The van der Waals surface area contributed by atoms with Crippen LogP contribution in [-0.4, -0.2) is 63.9 Å². The summed E-state index contributed by atoms with van der Waals surface area (Å²) in [6, 6.07) is 0. The van der Waals surface area contributed by atoms with Gasteiger partial charge in [-0.2, -0.15) is 0 Å². The lowest BCUT2D eigenvalue weighted by atomic mass is 9.98. The minimum absolute atomic E-state index is 0.0510. The maximum atomic E-state index is 12.1. The van der Waals surface area contributed by atoms with Crippen molar-refractivity contribution >= 4 is 7.60 Å². The number of ether oxygens (including phenoxy) is 2. The van der Waals surface area contributed by atoms with Gasteiger partial charge in [-0.15, -0.1) is 0 Å². The highest BCUT2D eigenvalue weighted by atomic mass is 31.2. The minimum Gasteiger partial charge on any atom is -0.347 e. The molecular formula is C45H84NO5P. The fourth-order valence-corrected chi connectivity index (χ4v) is 7.23. The zero-order chi connectivity index (χ0) is 37.9. The van der Waals surface area contributed by atoms with Crippen LogP contribution in [0.25, 0.3) is 0 Å². The molecular weight excluding hydrogens is 665 g/mol. The van der Waals surface area contributed by atoms with Crippen molar-refractivity contribution in [3.63, 3.8) is 0 Å². The summed E-state index contributed by atoms with van der Waals surface area (Å²) < 4.78 is 35.7. The van der Waals surface area contributed by atoms with Crippen LogP contribution in [-0.2, 0) is 23.1 Å². The summed E-state index contributed by atoms with van der Waals surface area (Å²) in [5.74, 6) is -0.443. The Morgan fingerprint density at radius 1 is 0.654 bits per heavy atom. The highest BCUT2D eigenvalue weighted by Crippen LogP contribution is 2.42. The maximum Gasteiger partial charge on any atom is 0.327 e. The largest absolute Gasteiger partial charge is 0.347 e. The van der Waals surface area contributed by atoms with Crippen LogP contribution in [0, 0.1) is 0 Å². The smallest absolute Gasteiger partial charge is 0.327 e. The third-order valence-corrected chi connectivity index (χ3v) is 11.4. The average molecular weight is 750 g/mol. The first kappa shape index (κ1) is 49.0. The molecule has 0 radical (unpaired) electrons. The maximum absolute atomic E-state index is 12.1. The van der Waals surface area contributed by atoms with E-state index in [-0.39, 0.29) is 6.10 Å². The molecule has 1 unspecified atom stereocenters. The van der Waals surface area contributed by atoms with Gasteiger partial charge in [0.15, 0.2) is 5.79 Å². The van der Waals surface area contributed by atoms with Gasteiger partial charge in [0.2, 0.25) is 0 Å². The van der Waals surface area contributed by atoms with Crippen LogP contribution >= 0.6 is 7.60 Å². The molecule has 7 heteroatoms. The Morgan fingerprint density at radius 2 is 1.08 bits per heavy atom. The first-order valence-corrected chi connectivity index (χ1v) is 23.7. The number of rotatable bonds is 37. The first-order valence-electron chi connectivity index (χ1n) is 21.7. The molecule has 1 aliphatic rings. The Bertz CT molecular complexity index is 915. The monoisotopic (exact) mass is 750 g/mol. The van der Waals surface area contributed by atoms with Gasteiger partial charge in [-0.25, -0.2) is 0 Å². The SMILES string of the molecule is CCCCC/C=C\C/C=C\CCCCCCCCC1(CCCCCCCC/C=C\C/C=C\CCCCC)OC[C@H](CN(C)CCOP(C)(=O)OC)O1. The van der Waals surface area contributed by atoms with E-state index in [4.69, 9.17) is 18.5 Å². The number of unbranched alkanes of at least 4 members (excludes halogenated alkanes) is 18. The second kappa shape index (κ2) is 34.5. The molecule has 1 heterocycles. The topological polar surface area (TPSA) is 57.2 Å². The summed E-state index contributed by atoms with van der Waals surface area (Å²) in [6.07, 6.45) is 50.9. The van der Waals surface area contributed by atoms with E-state index >= 15 is 0 Å². The summed E-state index contributed by atoms with van der Waals surface area (Å²) in [7, 11) is 0.537. The van der Waals surface area contributed by atoms with Gasteiger partial charge >= 0.3 is 7.60 Å². The first-order chi connectivity index (χ1) is 25.4. The van der Waals surface area contributed by atoms with Crippen molar-refractivity contribution in [2.24, 2.45) is 0 Å².